The molecule has 0 amide bonds. The zero-order chi connectivity index (χ0) is 18.1. The van der Waals surface area contributed by atoms with Gasteiger partial charge in [0.15, 0.2) is 15.6 Å². The molecule has 2 nitrogen and oxygen atoms in total. The summed E-state index contributed by atoms with van der Waals surface area (Å²) in [5.74, 6) is -0.246. The van der Waals surface area contributed by atoms with Crippen LogP contribution in [0.5, 0.6) is 0 Å². The Kier molecular flexibility index (Phi) is 4.47. The molecule has 0 heterocycles. The van der Waals surface area contributed by atoms with Gasteiger partial charge in [0, 0.05) is 20.9 Å². The lowest BCUT2D eigenvalue weighted by atomic mass is 10.1. The number of hydrogen-bond donors (Lipinski definition) is 0. The molecule has 128 valence electrons. The van der Waals surface area contributed by atoms with Gasteiger partial charge in [-0.15, -0.1) is 0 Å². The summed E-state index contributed by atoms with van der Waals surface area (Å²) in [6.07, 6.45) is 0. The van der Waals surface area contributed by atoms with E-state index in [2.05, 4.69) is 0 Å². The third-order valence-electron chi connectivity index (χ3n) is 4.27. The number of hydrogen-bond acceptors (Lipinski definition) is 4. The summed E-state index contributed by atoms with van der Waals surface area (Å²) in [4.78, 5) is 28.6. The molecule has 0 saturated heterocycles. The number of Topliss-reactive ketones (excluding diaryl/α,β-unsaturated/α-hetero) is 2. The Balaban J connectivity index is 1.84. The van der Waals surface area contributed by atoms with Gasteiger partial charge in [-0.3, -0.25) is 9.59 Å². The van der Waals surface area contributed by atoms with Crippen LogP contribution in [-0.4, -0.2) is 15.6 Å². The number of carbonyl (C=O) groups is 2. The van der Waals surface area contributed by atoms with Crippen LogP contribution in [0.15, 0.2) is 88.7 Å². The second kappa shape index (κ2) is 6.78. The van der Waals surface area contributed by atoms with Crippen molar-refractivity contribution in [2.45, 2.75) is 20.8 Å². The highest BCUT2D eigenvalue weighted by Crippen LogP contribution is 2.53. The molecule has 0 saturated carbocycles. The van der Waals surface area contributed by atoms with E-state index in [4.69, 9.17) is 0 Å². The minimum atomic E-state index is -1.22. The first-order valence-corrected chi connectivity index (χ1v) is 9.92. The fraction of sp³-hybridized carbons (Fsp3) is 0.0909. The number of thioether (sulfide) groups is 2. The predicted octanol–water partition coefficient (Wildman–Crippen LogP) is 5.65. The minimum absolute atomic E-state index is 0.121. The van der Waals surface area contributed by atoms with Crippen LogP contribution in [-0.2, 0) is 0 Å². The van der Waals surface area contributed by atoms with Crippen LogP contribution in [0.2, 0.25) is 0 Å². The molecule has 4 heteroatoms. The molecule has 4 rings (SSSR count). The Morgan fingerprint density at radius 3 is 1.69 bits per heavy atom. The highest BCUT2D eigenvalue weighted by Gasteiger charge is 2.54. The predicted molar refractivity (Wildman–Crippen MR) is 107 cm³/mol. The van der Waals surface area contributed by atoms with E-state index in [1.165, 1.54) is 23.5 Å². The van der Waals surface area contributed by atoms with Crippen LogP contribution in [0.4, 0.5) is 0 Å². The second-order valence-corrected chi connectivity index (χ2v) is 8.99. The van der Waals surface area contributed by atoms with Crippen molar-refractivity contribution in [2.24, 2.45) is 0 Å². The Morgan fingerprint density at radius 2 is 1.15 bits per heavy atom. The van der Waals surface area contributed by atoms with Crippen molar-refractivity contribution < 1.29 is 9.59 Å². The molecule has 0 spiro atoms. The van der Waals surface area contributed by atoms with E-state index in [0.29, 0.717) is 11.1 Å². The Hall–Kier alpha value is -2.30. The zero-order valence-corrected chi connectivity index (χ0v) is 15.8. The monoisotopic (exact) mass is 376 g/mol. The fourth-order valence-corrected chi connectivity index (χ4v) is 5.82. The van der Waals surface area contributed by atoms with Crippen molar-refractivity contribution in [1.29, 1.82) is 0 Å². The van der Waals surface area contributed by atoms with Gasteiger partial charge in [-0.05, 0) is 37.3 Å². The molecule has 0 radical (unpaired) electrons. The first-order valence-electron chi connectivity index (χ1n) is 8.28. The van der Waals surface area contributed by atoms with Crippen LogP contribution < -0.4 is 0 Å². The first kappa shape index (κ1) is 17.1. The normalized spacial score (nSPS) is 15.1. The molecule has 26 heavy (non-hydrogen) atoms. The Bertz CT molecular complexity index is 940. The Labute approximate surface area is 161 Å². The van der Waals surface area contributed by atoms with Crippen LogP contribution in [0.25, 0.3) is 0 Å². The molecule has 0 atom stereocenters. The van der Waals surface area contributed by atoms with Gasteiger partial charge >= 0.3 is 0 Å². The van der Waals surface area contributed by atoms with Crippen LogP contribution >= 0.6 is 23.5 Å². The van der Waals surface area contributed by atoms with Crippen molar-refractivity contribution in [3.05, 3.63) is 95.6 Å². The molecular weight excluding hydrogens is 360 g/mol. The van der Waals surface area contributed by atoms with Crippen molar-refractivity contribution >= 4 is 35.1 Å². The largest absolute Gasteiger partial charge is 0.291 e. The number of rotatable bonds is 4. The van der Waals surface area contributed by atoms with Crippen LogP contribution in [0.3, 0.4) is 0 Å². The van der Waals surface area contributed by atoms with Gasteiger partial charge < -0.3 is 0 Å². The summed E-state index contributed by atoms with van der Waals surface area (Å²) in [5.41, 5.74) is 2.03. The maximum Gasteiger partial charge on any atom is 0.198 e. The first-order chi connectivity index (χ1) is 12.6. The lowest BCUT2D eigenvalue weighted by Crippen LogP contribution is -2.33. The van der Waals surface area contributed by atoms with Gasteiger partial charge in [0.2, 0.25) is 0 Å². The van der Waals surface area contributed by atoms with Gasteiger partial charge in [0.1, 0.15) is 0 Å². The molecular formula is C22H16O2S2. The summed E-state index contributed by atoms with van der Waals surface area (Å²) in [7, 11) is 0. The third kappa shape index (κ3) is 2.89. The molecule has 1 aliphatic rings. The molecule has 0 fully saturated rings. The van der Waals surface area contributed by atoms with Gasteiger partial charge in [-0.1, -0.05) is 77.6 Å². The summed E-state index contributed by atoms with van der Waals surface area (Å²) >= 11 is 2.67. The lowest BCUT2D eigenvalue weighted by Gasteiger charge is -2.24. The topological polar surface area (TPSA) is 34.1 Å². The molecule has 0 aromatic heterocycles. The van der Waals surface area contributed by atoms with Gasteiger partial charge in [0.05, 0.1) is 0 Å². The van der Waals surface area contributed by atoms with E-state index in [0.717, 1.165) is 15.4 Å². The highest BCUT2D eigenvalue weighted by atomic mass is 32.2. The minimum Gasteiger partial charge on any atom is -0.291 e. The van der Waals surface area contributed by atoms with Crippen molar-refractivity contribution in [2.75, 3.05) is 0 Å². The smallest absolute Gasteiger partial charge is 0.198 e. The highest BCUT2D eigenvalue weighted by molar-refractivity contribution is 8.20. The molecule has 0 bridgehead atoms. The number of ketones is 2. The summed E-state index contributed by atoms with van der Waals surface area (Å²) in [6, 6.07) is 24.8. The molecule has 3 aromatic rings. The molecule has 0 aliphatic heterocycles. The number of benzene rings is 3. The van der Waals surface area contributed by atoms with E-state index in [-0.39, 0.29) is 11.6 Å². The summed E-state index contributed by atoms with van der Waals surface area (Å²) in [5, 5.41) is 0. The standard InChI is InChI=1S/C22H16O2S2/c1-15-12-13-18-19(14-15)21(24)22(20(18)23,25-16-8-4-2-5-9-16)26-17-10-6-3-7-11-17/h2-14H,1H3. The quantitative estimate of drug-likeness (QED) is 0.435. The SMILES string of the molecule is Cc1ccc2c(c1)C(=O)C(Sc1ccccc1)(Sc1ccccc1)C2=O. The van der Waals surface area contributed by atoms with E-state index < -0.39 is 4.08 Å². The summed E-state index contributed by atoms with van der Waals surface area (Å²) in [6.45, 7) is 1.94. The van der Waals surface area contributed by atoms with E-state index in [9.17, 15) is 9.59 Å². The van der Waals surface area contributed by atoms with Crippen molar-refractivity contribution in [3.8, 4) is 0 Å². The molecule has 1 aliphatic carbocycles. The molecule has 0 N–H and O–H groups in total. The second-order valence-electron chi connectivity index (χ2n) is 6.15. The molecule has 0 unspecified atom stereocenters. The number of fused-ring (bicyclic) bond motifs is 1. The van der Waals surface area contributed by atoms with Crippen molar-refractivity contribution in [1.82, 2.24) is 0 Å². The van der Waals surface area contributed by atoms with E-state index in [1.807, 2.05) is 79.7 Å². The third-order valence-corrected chi connectivity index (χ3v) is 7.10. The van der Waals surface area contributed by atoms with Gasteiger partial charge in [-0.2, -0.15) is 0 Å². The maximum absolute atomic E-state index is 13.4. The Morgan fingerprint density at radius 1 is 0.654 bits per heavy atom. The van der Waals surface area contributed by atoms with E-state index in [1.54, 1.807) is 6.07 Å². The van der Waals surface area contributed by atoms with Crippen LogP contribution in [0, 0.1) is 6.92 Å². The average Bonchev–Trinajstić information content (AvgIpc) is 2.85. The van der Waals surface area contributed by atoms with E-state index >= 15 is 0 Å². The van der Waals surface area contributed by atoms with Crippen molar-refractivity contribution in [3.63, 3.8) is 0 Å². The van der Waals surface area contributed by atoms with Gasteiger partial charge in [0.25, 0.3) is 0 Å². The average molecular weight is 377 g/mol. The molecule has 3 aromatic carbocycles. The number of carbonyl (C=O) groups excluding carboxylic acids is 2. The van der Waals surface area contributed by atoms with Gasteiger partial charge in [-0.25, -0.2) is 0 Å². The zero-order valence-electron chi connectivity index (χ0n) is 14.1. The van der Waals surface area contributed by atoms with Crippen LogP contribution in [0.1, 0.15) is 26.3 Å². The number of aryl methyl sites for hydroxylation is 1. The summed E-state index contributed by atoms with van der Waals surface area (Å²) < 4.78 is -1.22. The maximum atomic E-state index is 13.4. The lowest BCUT2D eigenvalue weighted by molar-refractivity contribution is 0.0916. The fourth-order valence-electron chi connectivity index (χ4n) is 3.02.